The largest absolute Gasteiger partial charge is 0.358 e. The zero-order chi connectivity index (χ0) is 5.21. The minimum Gasteiger partial charge on any atom is -0.358 e. The van der Waals surface area contributed by atoms with Crippen LogP contribution in [0.4, 0.5) is 0 Å². The van der Waals surface area contributed by atoms with E-state index in [0.717, 1.165) is 0 Å². The summed E-state index contributed by atoms with van der Waals surface area (Å²) in [6.07, 6.45) is 0. The summed E-state index contributed by atoms with van der Waals surface area (Å²) >= 11 is 0. The van der Waals surface area contributed by atoms with Crippen LogP contribution in [0.2, 0.25) is 0 Å². The first-order valence-electron chi connectivity index (χ1n) is 1.49. The van der Waals surface area contributed by atoms with Crippen LogP contribution in [-0.2, 0) is 0 Å². The maximum atomic E-state index is 8.52. The second-order valence-electron chi connectivity index (χ2n) is 1.43. The van der Waals surface area contributed by atoms with Gasteiger partial charge in [-0.25, -0.2) is 0 Å². The number of hydrogen-bond donors (Lipinski definition) is 2. The molecule has 38 valence electrons. The van der Waals surface area contributed by atoms with Crippen molar-refractivity contribution in [2.24, 2.45) is 4.91 Å². The first kappa shape index (κ1) is 6.15. The monoisotopic (exact) mass is 109 g/mol. The van der Waals surface area contributed by atoms with Gasteiger partial charge in [0, 0.05) is 0 Å². The summed E-state index contributed by atoms with van der Waals surface area (Å²) in [5, 5.41) is 7.83. The average molecular weight is 109 g/mol. The molecule has 0 amide bonds. The fourth-order valence-electron chi connectivity index (χ4n) is 0. The quantitative estimate of drug-likeness (QED) is 0.356. The SMILES string of the molecule is CP(C)(O)=NO. The fourth-order valence-corrected chi connectivity index (χ4v) is 0. The van der Waals surface area contributed by atoms with Crippen molar-refractivity contribution in [1.29, 1.82) is 0 Å². The van der Waals surface area contributed by atoms with Crippen LogP contribution in [0.15, 0.2) is 4.91 Å². The Hall–Kier alpha value is 0.150. The Kier molecular flexibility index (Phi) is 1.78. The Balaban J connectivity index is 3.79. The molecule has 0 atom stereocenters. The Morgan fingerprint density at radius 1 is 1.50 bits per heavy atom. The molecular formula is C2H8NO2P. The molecule has 0 saturated carbocycles. The molecule has 0 aromatic rings. The molecule has 0 fully saturated rings. The third-order valence-electron chi connectivity index (χ3n) is 0.219. The zero-order valence-electron chi connectivity index (χ0n) is 3.79. The highest BCUT2D eigenvalue weighted by Gasteiger charge is 1.91. The molecule has 0 unspecified atom stereocenters. The van der Waals surface area contributed by atoms with Gasteiger partial charge in [-0.1, -0.05) is 0 Å². The Labute approximate surface area is 36.7 Å². The van der Waals surface area contributed by atoms with Crippen LogP contribution < -0.4 is 0 Å². The van der Waals surface area contributed by atoms with Crippen LogP contribution in [0.1, 0.15) is 0 Å². The average Bonchev–Trinajstić information content (AvgIpc) is 1.35. The van der Waals surface area contributed by atoms with Crippen LogP contribution in [0, 0.1) is 0 Å². The third kappa shape index (κ3) is 4.15. The van der Waals surface area contributed by atoms with Crippen molar-refractivity contribution in [2.45, 2.75) is 0 Å². The summed E-state index contributed by atoms with van der Waals surface area (Å²) in [6.45, 7) is 2.99. The van der Waals surface area contributed by atoms with Crippen LogP contribution >= 0.6 is 7.28 Å². The molecule has 0 bridgehead atoms. The molecule has 0 saturated heterocycles. The van der Waals surface area contributed by atoms with Crippen molar-refractivity contribution in [2.75, 3.05) is 13.3 Å². The van der Waals surface area contributed by atoms with Crippen LogP contribution in [0.3, 0.4) is 0 Å². The standard InChI is InChI=1S/C2H8NO2P/c1-6(2,5)3-4/h4-5H,1-2H3. The molecule has 0 aliphatic rings. The lowest BCUT2D eigenvalue weighted by Gasteiger charge is -1.95. The zero-order valence-corrected chi connectivity index (χ0v) is 4.68. The van der Waals surface area contributed by atoms with E-state index in [1.165, 1.54) is 13.3 Å². The van der Waals surface area contributed by atoms with Gasteiger partial charge in [-0.05, 0) is 13.3 Å². The summed E-state index contributed by atoms with van der Waals surface area (Å²) in [4.78, 5) is 11.2. The normalized spacial score (nSPS) is 11.3. The molecule has 4 heteroatoms. The van der Waals surface area contributed by atoms with E-state index in [-0.39, 0.29) is 0 Å². The van der Waals surface area contributed by atoms with Gasteiger partial charge in [0.2, 0.25) is 0 Å². The Morgan fingerprint density at radius 3 is 1.67 bits per heavy atom. The molecule has 0 heterocycles. The van der Waals surface area contributed by atoms with E-state index < -0.39 is 7.28 Å². The van der Waals surface area contributed by atoms with Gasteiger partial charge in [0.15, 0.2) is 0 Å². The van der Waals surface area contributed by atoms with E-state index in [4.69, 9.17) is 10.1 Å². The molecule has 0 aromatic heterocycles. The van der Waals surface area contributed by atoms with Crippen LogP contribution in [0.5, 0.6) is 0 Å². The number of hydrogen-bond acceptors (Lipinski definition) is 1. The van der Waals surface area contributed by atoms with Gasteiger partial charge in [-0.2, -0.15) is 0 Å². The minimum absolute atomic E-state index is 1.49. The van der Waals surface area contributed by atoms with Gasteiger partial charge in [-0.3, -0.25) is 5.21 Å². The van der Waals surface area contributed by atoms with Crippen molar-refractivity contribution in [1.82, 2.24) is 0 Å². The fraction of sp³-hybridized carbons (Fsp3) is 1.00. The highest BCUT2D eigenvalue weighted by molar-refractivity contribution is 7.58. The van der Waals surface area contributed by atoms with E-state index in [1.54, 1.807) is 0 Å². The van der Waals surface area contributed by atoms with Gasteiger partial charge in [0.05, 0.1) is 0 Å². The summed E-state index contributed by atoms with van der Waals surface area (Å²) in [5.41, 5.74) is 0. The molecule has 0 rings (SSSR count). The van der Waals surface area contributed by atoms with Crippen LogP contribution in [-0.4, -0.2) is 23.4 Å². The number of nitrogens with zero attached hydrogens (tertiary/aromatic N) is 1. The molecule has 0 aliphatic heterocycles. The lowest BCUT2D eigenvalue weighted by atomic mass is 11.9. The summed E-state index contributed by atoms with van der Waals surface area (Å²) < 4.78 is 0. The van der Waals surface area contributed by atoms with Crippen LogP contribution in [0.25, 0.3) is 0 Å². The molecule has 6 heavy (non-hydrogen) atoms. The van der Waals surface area contributed by atoms with Gasteiger partial charge >= 0.3 is 0 Å². The van der Waals surface area contributed by atoms with Crippen molar-refractivity contribution in [3.63, 3.8) is 0 Å². The topological polar surface area (TPSA) is 52.8 Å². The Morgan fingerprint density at radius 2 is 1.67 bits per heavy atom. The first-order valence-corrected chi connectivity index (χ1v) is 4.08. The predicted molar refractivity (Wildman–Crippen MR) is 25.2 cm³/mol. The summed E-state index contributed by atoms with van der Waals surface area (Å²) in [6, 6.07) is 0. The second kappa shape index (κ2) is 1.73. The molecule has 0 aliphatic carbocycles. The highest BCUT2D eigenvalue weighted by atomic mass is 31.2. The summed E-state index contributed by atoms with van der Waals surface area (Å²) in [5.74, 6) is 0. The van der Waals surface area contributed by atoms with Crippen molar-refractivity contribution >= 4 is 7.28 Å². The van der Waals surface area contributed by atoms with Crippen molar-refractivity contribution in [3.05, 3.63) is 0 Å². The van der Waals surface area contributed by atoms with Gasteiger partial charge in [0.1, 0.15) is 7.28 Å². The van der Waals surface area contributed by atoms with E-state index >= 15 is 0 Å². The lowest BCUT2D eigenvalue weighted by molar-refractivity contribution is 0.318. The molecular weight excluding hydrogens is 101 g/mol. The summed E-state index contributed by atoms with van der Waals surface area (Å²) in [7, 11) is -2.22. The maximum absolute atomic E-state index is 8.52. The first-order chi connectivity index (χ1) is 2.56. The van der Waals surface area contributed by atoms with E-state index in [1.807, 2.05) is 0 Å². The van der Waals surface area contributed by atoms with E-state index in [9.17, 15) is 0 Å². The van der Waals surface area contributed by atoms with E-state index in [2.05, 4.69) is 4.91 Å². The molecule has 0 spiro atoms. The van der Waals surface area contributed by atoms with Gasteiger partial charge < -0.3 is 4.89 Å². The number of rotatable bonds is 0. The van der Waals surface area contributed by atoms with Crippen molar-refractivity contribution in [3.8, 4) is 0 Å². The van der Waals surface area contributed by atoms with Crippen molar-refractivity contribution < 1.29 is 10.1 Å². The third-order valence-corrected chi connectivity index (χ3v) is 0.657. The predicted octanol–water partition coefficient (Wildman–Crippen LogP) is 0.744. The molecule has 0 radical (unpaired) electrons. The minimum atomic E-state index is -2.22. The molecule has 3 nitrogen and oxygen atoms in total. The second-order valence-corrected chi connectivity index (χ2v) is 4.28. The van der Waals surface area contributed by atoms with Gasteiger partial charge in [-0.15, -0.1) is 4.91 Å². The molecule has 2 N–H and O–H groups in total. The molecule has 0 aromatic carbocycles. The van der Waals surface area contributed by atoms with Gasteiger partial charge in [0.25, 0.3) is 0 Å². The lowest BCUT2D eigenvalue weighted by Crippen LogP contribution is -1.67. The smallest absolute Gasteiger partial charge is 0.109 e. The highest BCUT2D eigenvalue weighted by Crippen LogP contribution is 2.32. The Bertz CT molecular complexity index is 75.3. The van der Waals surface area contributed by atoms with E-state index in [0.29, 0.717) is 0 Å². The maximum Gasteiger partial charge on any atom is 0.109 e.